The van der Waals surface area contributed by atoms with Crippen molar-refractivity contribution in [2.45, 2.75) is 12.8 Å². The zero-order valence-electron chi connectivity index (χ0n) is 7.08. The van der Waals surface area contributed by atoms with Crippen LogP contribution in [0.25, 0.3) is 0 Å². The first-order valence-corrected chi connectivity index (χ1v) is 4.31. The molecule has 4 heteroatoms. The Balaban J connectivity index is 2.02. The molecule has 0 spiro atoms. The number of aliphatic hydroxyl groups excluding tert-OH is 1. The normalized spacial score (nSPS) is 22.8. The quantitative estimate of drug-likeness (QED) is 0.552. The molecule has 1 fully saturated rings. The number of hydrogen-bond acceptors (Lipinski definition) is 3. The van der Waals surface area contributed by atoms with E-state index in [-0.39, 0.29) is 18.4 Å². The topological polar surface area (TPSA) is 58.6 Å². The molecule has 2 N–H and O–H groups in total. The monoisotopic (exact) mass is 173 g/mol. The van der Waals surface area contributed by atoms with Gasteiger partial charge in [-0.15, -0.1) is 0 Å². The van der Waals surface area contributed by atoms with E-state index in [1.165, 1.54) is 0 Å². The molecular formula is C8H15NO3. The maximum atomic E-state index is 11.0. The summed E-state index contributed by atoms with van der Waals surface area (Å²) in [6.45, 7) is 1.79. The van der Waals surface area contributed by atoms with Crippen molar-refractivity contribution >= 4 is 5.91 Å². The maximum absolute atomic E-state index is 11.0. The molecule has 0 aromatic heterocycles. The minimum atomic E-state index is 0.0524. The van der Waals surface area contributed by atoms with Crippen LogP contribution >= 0.6 is 0 Å². The Morgan fingerprint density at radius 3 is 3.00 bits per heavy atom. The van der Waals surface area contributed by atoms with Gasteiger partial charge in [-0.2, -0.15) is 0 Å². The second kappa shape index (κ2) is 5.11. The van der Waals surface area contributed by atoms with E-state index < -0.39 is 0 Å². The Morgan fingerprint density at radius 2 is 2.42 bits per heavy atom. The first-order valence-electron chi connectivity index (χ1n) is 4.31. The van der Waals surface area contributed by atoms with E-state index in [2.05, 4.69) is 5.32 Å². The van der Waals surface area contributed by atoms with Crippen LogP contribution < -0.4 is 5.32 Å². The van der Waals surface area contributed by atoms with Gasteiger partial charge in [0.25, 0.3) is 0 Å². The highest BCUT2D eigenvalue weighted by molar-refractivity contribution is 5.80. The largest absolute Gasteiger partial charge is 0.394 e. The lowest BCUT2D eigenvalue weighted by atomic mass is 10.1. The van der Waals surface area contributed by atoms with Crippen LogP contribution in [-0.4, -0.2) is 37.4 Å². The summed E-state index contributed by atoms with van der Waals surface area (Å²) >= 11 is 0. The van der Waals surface area contributed by atoms with Crippen molar-refractivity contribution in [1.82, 2.24) is 5.32 Å². The molecule has 0 bridgehead atoms. The third-order valence-corrected chi connectivity index (χ3v) is 2.01. The number of carbonyl (C=O) groups is 1. The molecule has 1 amide bonds. The Hall–Kier alpha value is -0.610. The SMILES string of the molecule is O=C1NCCC1CCOCCO. The van der Waals surface area contributed by atoms with Crippen LogP contribution in [0.3, 0.4) is 0 Å². The van der Waals surface area contributed by atoms with Gasteiger partial charge in [-0.25, -0.2) is 0 Å². The fourth-order valence-electron chi connectivity index (χ4n) is 1.31. The summed E-state index contributed by atoms with van der Waals surface area (Å²) in [5.41, 5.74) is 0. The minimum absolute atomic E-state index is 0.0524. The van der Waals surface area contributed by atoms with Gasteiger partial charge in [0.1, 0.15) is 0 Å². The van der Waals surface area contributed by atoms with E-state index >= 15 is 0 Å². The third-order valence-electron chi connectivity index (χ3n) is 2.01. The van der Waals surface area contributed by atoms with E-state index in [1.54, 1.807) is 0 Å². The Bertz CT molecular complexity index is 149. The first-order chi connectivity index (χ1) is 5.84. The summed E-state index contributed by atoms with van der Waals surface area (Å²) in [7, 11) is 0. The molecule has 1 atom stereocenters. The summed E-state index contributed by atoms with van der Waals surface area (Å²) in [6.07, 6.45) is 1.69. The zero-order chi connectivity index (χ0) is 8.81. The molecule has 1 aliphatic heterocycles. The van der Waals surface area contributed by atoms with E-state index in [9.17, 15) is 4.79 Å². The molecule has 1 heterocycles. The van der Waals surface area contributed by atoms with Crippen molar-refractivity contribution in [2.24, 2.45) is 5.92 Å². The molecule has 12 heavy (non-hydrogen) atoms. The molecule has 1 unspecified atom stereocenters. The molecule has 70 valence electrons. The molecule has 0 aliphatic carbocycles. The van der Waals surface area contributed by atoms with Crippen molar-refractivity contribution in [1.29, 1.82) is 0 Å². The van der Waals surface area contributed by atoms with Crippen LogP contribution in [0.15, 0.2) is 0 Å². The Kier molecular flexibility index (Phi) is 4.04. The molecule has 4 nitrogen and oxygen atoms in total. The molecule has 1 aliphatic rings. The van der Waals surface area contributed by atoms with Gasteiger partial charge in [0.15, 0.2) is 0 Å². The van der Waals surface area contributed by atoms with Gasteiger partial charge < -0.3 is 15.2 Å². The summed E-state index contributed by atoms with van der Waals surface area (Å²) in [5, 5.41) is 11.2. The molecule has 1 saturated heterocycles. The van der Waals surface area contributed by atoms with E-state index in [4.69, 9.17) is 9.84 Å². The standard InChI is InChI=1S/C8H15NO3/c10-4-6-12-5-2-7-1-3-9-8(7)11/h7,10H,1-6H2,(H,9,11). The number of carbonyl (C=O) groups excluding carboxylic acids is 1. The molecule has 0 aromatic rings. The lowest BCUT2D eigenvalue weighted by Gasteiger charge is -2.05. The minimum Gasteiger partial charge on any atom is -0.394 e. The number of ether oxygens (including phenoxy) is 1. The number of rotatable bonds is 5. The zero-order valence-corrected chi connectivity index (χ0v) is 7.08. The second-order valence-electron chi connectivity index (χ2n) is 2.90. The average Bonchev–Trinajstić information content (AvgIpc) is 2.46. The van der Waals surface area contributed by atoms with Crippen molar-refractivity contribution in [3.8, 4) is 0 Å². The third kappa shape index (κ3) is 2.79. The smallest absolute Gasteiger partial charge is 0.223 e. The summed E-state index contributed by atoms with van der Waals surface area (Å²) in [4.78, 5) is 11.0. The summed E-state index contributed by atoms with van der Waals surface area (Å²) in [6, 6.07) is 0. The summed E-state index contributed by atoms with van der Waals surface area (Å²) < 4.78 is 5.06. The molecule has 0 saturated carbocycles. The predicted molar refractivity (Wildman–Crippen MR) is 43.6 cm³/mol. The van der Waals surface area contributed by atoms with Gasteiger partial charge in [-0.05, 0) is 12.8 Å². The van der Waals surface area contributed by atoms with Crippen LogP contribution in [0.5, 0.6) is 0 Å². The number of nitrogens with one attached hydrogen (secondary N) is 1. The second-order valence-corrected chi connectivity index (χ2v) is 2.90. The molecule has 1 rings (SSSR count). The van der Waals surface area contributed by atoms with Gasteiger partial charge in [-0.3, -0.25) is 4.79 Å². The highest BCUT2D eigenvalue weighted by Gasteiger charge is 2.23. The van der Waals surface area contributed by atoms with Gasteiger partial charge >= 0.3 is 0 Å². The van der Waals surface area contributed by atoms with Crippen LogP contribution in [0.1, 0.15) is 12.8 Å². The molecular weight excluding hydrogens is 158 g/mol. The van der Waals surface area contributed by atoms with Gasteiger partial charge in [0.2, 0.25) is 5.91 Å². The average molecular weight is 173 g/mol. The predicted octanol–water partition coefficient (Wildman–Crippen LogP) is -0.479. The number of amides is 1. The Morgan fingerprint density at radius 1 is 1.58 bits per heavy atom. The van der Waals surface area contributed by atoms with Crippen molar-refractivity contribution in [3.63, 3.8) is 0 Å². The molecule has 0 aromatic carbocycles. The van der Waals surface area contributed by atoms with Crippen molar-refractivity contribution in [2.75, 3.05) is 26.4 Å². The summed E-state index contributed by atoms with van der Waals surface area (Å²) in [5.74, 6) is 0.270. The van der Waals surface area contributed by atoms with Crippen LogP contribution in [0.4, 0.5) is 0 Å². The van der Waals surface area contributed by atoms with Crippen LogP contribution in [-0.2, 0) is 9.53 Å². The van der Waals surface area contributed by atoms with Gasteiger partial charge in [0, 0.05) is 19.1 Å². The van der Waals surface area contributed by atoms with Crippen molar-refractivity contribution < 1.29 is 14.6 Å². The van der Waals surface area contributed by atoms with E-state index in [1.807, 2.05) is 0 Å². The van der Waals surface area contributed by atoms with Crippen LogP contribution in [0.2, 0.25) is 0 Å². The fraction of sp³-hybridized carbons (Fsp3) is 0.875. The lowest BCUT2D eigenvalue weighted by Crippen LogP contribution is -2.20. The van der Waals surface area contributed by atoms with Gasteiger partial charge in [-0.1, -0.05) is 0 Å². The van der Waals surface area contributed by atoms with Crippen LogP contribution in [0, 0.1) is 5.92 Å². The highest BCUT2D eigenvalue weighted by Crippen LogP contribution is 2.13. The van der Waals surface area contributed by atoms with E-state index in [0.717, 1.165) is 19.4 Å². The van der Waals surface area contributed by atoms with Crippen molar-refractivity contribution in [3.05, 3.63) is 0 Å². The highest BCUT2D eigenvalue weighted by atomic mass is 16.5. The fourth-order valence-corrected chi connectivity index (χ4v) is 1.31. The van der Waals surface area contributed by atoms with Gasteiger partial charge in [0.05, 0.1) is 13.2 Å². The van der Waals surface area contributed by atoms with E-state index in [0.29, 0.717) is 13.2 Å². The lowest BCUT2D eigenvalue weighted by molar-refractivity contribution is -0.122. The number of aliphatic hydroxyl groups is 1. The molecule has 0 radical (unpaired) electrons. The maximum Gasteiger partial charge on any atom is 0.223 e. The Labute approximate surface area is 71.9 Å². The number of hydrogen-bond donors (Lipinski definition) is 2. The first kappa shape index (κ1) is 9.48.